The molecule has 2 rings (SSSR count). The zero-order valence-electron chi connectivity index (χ0n) is 10.7. The van der Waals surface area contributed by atoms with Crippen molar-refractivity contribution in [3.8, 4) is 0 Å². The zero-order valence-corrected chi connectivity index (χ0v) is 11.5. The van der Waals surface area contributed by atoms with Crippen LogP contribution in [0, 0.1) is 10.8 Å². The third kappa shape index (κ3) is 2.18. The van der Waals surface area contributed by atoms with E-state index in [1.54, 1.807) is 11.3 Å². The van der Waals surface area contributed by atoms with Crippen molar-refractivity contribution >= 4 is 23.0 Å². The molecule has 0 atom stereocenters. The van der Waals surface area contributed by atoms with Crippen LogP contribution in [0.15, 0.2) is 17.0 Å². The summed E-state index contributed by atoms with van der Waals surface area (Å²) >= 11 is 1.64. The van der Waals surface area contributed by atoms with Crippen LogP contribution in [0.4, 0.5) is 0 Å². The quantitative estimate of drug-likeness (QED) is 0.565. The Morgan fingerprint density at radius 1 is 1.50 bits per heavy atom. The minimum absolute atomic E-state index is 0.153. The van der Waals surface area contributed by atoms with Gasteiger partial charge in [0.1, 0.15) is 11.7 Å². The first-order valence-electron chi connectivity index (χ1n) is 5.95. The molecule has 0 aliphatic carbocycles. The number of rotatable bonds is 2. The third-order valence-electron chi connectivity index (χ3n) is 3.36. The van der Waals surface area contributed by atoms with Gasteiger partial charge >= 0.3 is 0 Å². The van der Waals surface area contributed by atoms with Crippen molar-refractivity contribution in [2.45, 2.75) is 26.8 Å². The van der Waals surface area contributed by atoms with Gasteiger partial charge in [0.25, 0.3) is 0 Å². The zero-order chi connectivity index (χ0) is 13.3. The second-order valence-corrected chi connectivity index (χ2v) is 5.42. The fourth-order valence-electron chi connectivity index (χ4n) is 2.13. The number of amidine groups is 2. The van der Waals surface area contributed by atoms with Crippen LogP contribution in [0.1, 0.15) is 29.9 Å². The first-order chi connectivity index (χ1) is 8.54. The molecule has 0 spiro atoms. The van der Waals surface area contributed by atoms with Gasteiger partial charge in [-0.1, -0.05) is 6.08 Å². The van der Waals surface area contributed by atoms with Crippen LogP contribution in [0.25, 0.3) is 0 Å². The van der Waals surface area contributed by atoms with E-state index in [1.807, 2.05) is 25.3 Å². The third-order valence-corrected chi connectivity index (χ3v) is 4.37. The fourth-order valence-corrected chi connectivity index (χ4v) is 3.25. The molecule has 0 fully saturated rings. The molecule has 2 heterocycles. The van der Waals surface area contributed by atoms with E-state index in [0.29, 0.717) is 5.84 Å². The lowest BCUT2D eigenvalue weighted by molar-refractivity contribution is 0.396. The van der Waals surface area contributed by atoms with Gasteiger partial charge in [-0.05, 0) is 31.4 Å². The summed E-state index contributed by atoms with van der Waals surface area (Å²) in [6, 6.07) is 0. The molecular formula is C13H18N4S. The maximum atomic E-state index is 8.12. The van der Waals surface area contributed by atoms with E-state index >= 15 is 0 Å². The van der Waals surface area contributed by atoms with E-state index in [1.165, 1.54) is 10.4 Å². The number of nitrogens with two attached hydrogens (primary N) is 1. The molecule has 0 amide bonds. The van der Waals surface area contributed by atoms with Crippen LogP contribution >= 0.6 is 11.3 Å². The van der Waals surface area contributed by atoms with Crippen molar-refractivity contribution < 1.29 is 0 Å². The Hall–Kier alpha value is -1.62. The van der Waals surface area contributed by atoms with Crippen molar-refractivity contribution in [2.75, 3.05) is 6.54 Å². The number of thiophene rings is 1. The Kier molecular flexibility index (Phi) is 3.52. The standard InChI is InChI=1S/C13H18N4S/c1-3-8(2)13(16)17-5-4-9-10(12(14)15)7-18-11(9)6-17/h3,7,16H,4-6H2,1-2H3,(H3,14,15)/b8-3+,16-13?. The van der Waals surface area contributed by atoms with Crippen LogP contribution in [0.5, 0.6) is 0 Å². The molecule has 1 aromatic heterocycles. The SMILES string of the molecule is C/C=C(\C)C(=N)N1CCc2c(C(=N)N)csc2C1. The summed E-state index contributed by atoms with van der Waals surface area (Å²) in [4.78, 5) is 3.32. The Morgan fingerprint density at radius 2 is 2.22 bits per heavy atom. The van der Waals surface area contributed by atoms with Crippen LogP contribution in [-0.4, -0.2) is 23.1 Å². The van der Waals surface area contributed by atoms with Gasteiger partial charge < -0.3 is 10.6 Å². The summed E-state index contributed by atoms with van der Waals surface area (Å²) in [6.45, 7) is 5.51. The normalized spacial score (nSPS) is 15.4. The Labute approximate surface area is 111 Å². The molecule has 5 heteroatoms. The predicted molar refractivity (Wildman–Crippen MR) is 76.6 cm³/mol. The van der Waals surface area contributed by atoms with Gasteiger partial charge in [0.2, 0.25) is 0 Å². The number of fused-ring (bicyclic) bond motifs is 1. The number of hydrogen-bond donors (Lipinski definition) is 3. The molecule has 4 N–H and O–H groups in total. The van der Waals surface area contributed by atoms with E-state index in [9.17, 15) is 0 Å². The second-order valence-electron chi connectivity index (χ2n) is 4.46. The lowest BCUT2D eigenvalue weighted by Crippen LogP contribution is -2.35. The van der Waals surface area contributed by atoms with Gasteiger partial charge in [0, 0.05) is 22.4 Å². The molecule has 1 aliphatic rings. The minimum Gasteiger partial charge on any atom is -0.384 e. The smallest absolute Gasteiger partial charge is 0.123 e. The van der Waals surface area contributed by atoms with Crippen molar-refractivity contribution in [1.29, 1.82) is 10.8 Å². The van der Waals surface area contributed by atoms with Gasteiger partial charge in [0.05, 0.1) is 6.54 Å². The average Bonchev–Trinajstić information content (AvgIpc) is 2.79. The molecule has 0 saturated heterocycles. The lowest BCUT2D eigenvalue weighted by Gasteiger charge is -2.29. The summed E-state index contributed by atoms with van der Waals surface area (Å²) in [6.07, 6.45) is 2.83. The molecular weight excluding hydrogens is 244 g/mol. The van der Waals surface area contributed by atoms with E-state index in [4.69, 9.17) is 16.6 Å². The number of allylic oxidation sites excluding steroid dienone is 1. The summed E-state index contributed by atoms with van der Waals surface area (Å²) in [5.41, 5.74) is 8.66. The average molecular weight is 262 g/mol. The van der Waals surface area contributed by atoms with Crippen LogP contribution < -0.4 is 5.73 Å². The van der Waals surface area contributed by atoms with Gasteiger partial charge in [0.15, 0.2) is 0 Å². The molecule has 18 heavy (non-hydrogen) atoms. The highest BCUT2D eigenvalue weighted by molar-refractivity contribution is 7.10. The van der Waals surface area contributed by atoms with Gasteiger partial charge in [-0.2, -0.15) is 0 Å². The molecule has 4 nitrogen and oxygen atoms in total. The number of nitrogens with one attached hydrogen (secondary N) is 2. The lowest BCUT2D eigenvalue weighted by atomic mass is 10.0. The van der Waals surface area contributed by atoms with E-state index in [0.717, 1.165) is 30.6 Å². The van der Waals surface area contributed by atoms with Crippen LogP contribution in [0.2, 0.25) is 0 Å². The van der Waals surface area contributed by atoms with E-state index in [-0.39, 0.29) is 5.84 Å². The molecule has 0 aromatic carbocycles. The Bertz CT molecular complexity index is 527. The molecule has 1 aromatic rings. The first kappa shape index (κ1) is 12.8. The van der Waals surface area contributed by atoms with Crippen molar-refractivity contribution in [3.05, 3.63) is 33.0 Å². The predicted octanol–water partition coefficient (Wildman–Crippen LogP) is 2.33. The summed E-state index contributed by atoms with van der Waals surface area (Å²) in [7, 11) is 0. The fraction of sp³-hybridized carbons (Fsp3) is 0.385. The maximum Gasteiger partial charge on any atom is 0.123 e. The van der Waals surface area contributed by atoms with Gasteiger partial charge in [-0.25, -0.2) is 0 Å². The highest BCUT2D eigenvalue weighted by Gasteiger charge is 2.23. The maximum absolute atomic E-state index is 8.12. The van der Waals surface area contributed by atoms with E-state index in [2.05, 4.69) is 4.90 Å². The highest BCUT2D eigenvalue weighted by atomic mass is 32.1. The van der Waals surface area contributed by atoms with Crippen molar-refractivity contribution in [1.82, 2.24) is 4.90 Å². The molecule has 0 radical (unpaired) electrons. The first-order valence-corrected chi connectivity index (χ1v) is 6.83. The topological polar surface area (TPSA) is 77.0 Å². The molecule has 0 unspecified atom stereocenters. The molecule has 96 valence electrons. The second kappa shape index (κ2) is 4.94. The Morgan fingerprint density at radius 3 is 2.83 bits per heavy atom. The molecule has 1 aliphatic heterocycles. The molecule has 0 saturated carbocycles. The largest absolute Gasteiger partial charge is 0.384 e. The van der Waals surface area contributed by atoms with Crippen molar-refractivity contribution in [2.24, 2.45) is 5.73 Å². The van der Waals surface area contributed by atoms with Gasteiger partial charge in [-0.15, -0.1) is 11.3 Å². The number of nitrogen functional groups attached to an aromatic ring is 1. The Balaban J connectivity index is 2.21. The summed E-state index contributed by atoms with van der Waals surface area (Å²) in [5.74, 6) is 0.751. The van der Waals surface area contributed by atoms with Crippen LogP contribution in [0.3, 0.4) is 0 Å². The van der Waals surface area contributed by atoms with E-state index < -0.39 is 0 Å². The highest BCUT2D eigenvalue weighted by Crippen LogP contribution is 2.29. The summed E-state index contributed by atoms with van der Waals surface area (Å²) in [5, 5.41) is 17.6. The monoisotopic (exact) mass is 262 g/mol. The van der Waals surface area contributed by atoms with Crippen LogP contribution in [-0.2, 0) is 13.0 Å². The van der Waals surface area contributed by atoms with Gasteiger partial charge in [-0.3, -0.25) is 10.8 Å². The summed E-state index contributed by atoms with van der Waals surface area (Å²) < 4.78 is 0. The minimum atomic E-state index is 0.153. The van der Waals surface area contributed by atoms with Crippen molar-refractivity contribution in [3.63, 3.8) is 0 Å². The number of nitrogens with zero attached hydrogens (tertiary/aromatic N) is 1. The number of hydrogen-bond acceptors (Lipinski definition) is 3. The molecule has 0 bridgehead atoms.